The van der Waals surface area contributed by atoms with Crippen LogP contribution in [-0.2, 0) is 36.8 Å². The molecule has 3 aromatic rings. The molecule has 3 rings (SSSR count). The standard InChI is InChI=1S/C29H34N4O8/c1-29(2,3)41-28(40)33-21(13-17-9-5-4-6-10-17)25(36)31-22(26(37)32-23(27(38)39)15-24(34)35)14-18-16-30-20-12-8-7-11-19(18)20/h4-12,16,21-23,30H,13-15H2,1-3H3,(H,31,36)(H,32,37)(H,33,40)(H,34,35)(H,38,39)/t21-,22-,23-/m0/s1. The molecule has 0 bridgehead atoms. The van der Waals surface area contributed by atoms with Gasteiger partial charge in [-0.25, -0.2) is 9.59 Å². The lowest BCUT2D eigenvalue weighted by molar-refractivity contribution is -0.147. The van der Waals surface area contributed by atoms with E-state index >= 15 is 0 Å². The van der Waals surface area contributed by atoms with Crippen LogP contribution < -0.4 is 16.0 Å². The zero-order valence-corrected chi connectivity index (χ0v) is 23.0. The van der Waals surface area contributed by atoms with Gasteiger partial charge in [0.05, 0.1) is 6.42 Å². The molecule has 0 aliphatic rings. The molecule has 0 spiro atoms. The summed E-state index contributed by atoms with van der Waals surface area (Å²) >= 11 is 0. The number of benzene rings is 2. The van der Waals surface area contributed by atoms with Crippen LogP contribution in [0.1, 0.15) is 38.3 Å². The normalized spacial score (nSPS) is 13.4. The van der Waals surface area contributed by atoms with E-state index in [4.69, 9.17) is 9.84 Å². The number of fused-ring (bicyclic) bond motifs is 1. The molecule has 1 aromatic heterocycles. The first-order valence-electron chi connectivity index (χ1n) is 13.0. The summed E-state index contributed by atoms with van der Waals surface area (Å²) in [4.78, 5) is 65.4. The summed E-state index contributed by atoms with van der Waals surface area (Å²) in [7, 11) is 0. The average Bonchev–Trinajstić information content (AvgIpc) is 3.29. The maximum absolute atomic E-state index is 13.6. The Kier molecular flexibility index (Phi) is 10.1. The summed E-state index contributed by atoms with van der Waals surface area (Å²) < 4.78 is 5.32. The molecule has 1 heterocycles. The van der Waals surface area contributed by atoms with Crippen LogP contribution in [0.25, 0.3) is 10.9 Å². The topological polar surface area (TPSA) is 187 Å². The Morgan fingerprint density at radius 2 is 1.39 bits per heavy atom. The number of carboxylic acids is 2. The molecule has 2 aromatic carbocycles. The molecule has 0 aliphatic carbocycles. The largest absolute Gasteiger partial charge is 0.481 e. The first-order chi connectivity index (χ1) is 19.3. The summed E-state index contributed by atoms with van der Waals surface area (Å²) in [5.74, 6) is -4.57. The Hall–Kier alpha value is -4.87. The Morgan fingerprint density at radius 3 is 2.00 bits per heavy atom. The highest BCUT2D eigenvalue weighted by molar-refractivity contribution is 5.94. The monoisotopic (exact) mass is 566 g/mol. The number of aliphatic carboxylic acids is 2. The molecule has 0 fully saturated rings. The van der Waals surface area contributed by atoms with E-state index in [1.54, 1.807) is 63.4 Å². The van der Waals surface area contributed by atoms with Gasteiger partial charge in [-0.1, -0.05) is 48.5 Å². The molecular formula is C29H34N4O8. The minimum Gasteiger partial charge on any atom is -0.481 e. The molecule has 218 valence electrons. The van der Waals surface area contributed by atoms with Crippen LogP contribution in [0.4, 0.5) is 4.79 Å². The molecule has 3 atom stereocenters. The van der Waals surface area contributed by atoms with Crippen molar-refractivity contribution in [3.8, 4) is 0 Å². The van der Waals surface area contributed by atoms with Crippen LogP contribution in [0, 0.1) is 0 Å². The van der Waals surface area contributed by atoms with Crippen LogP contribution >= 0.6 is 0 Å². The van der Waals surface area contributed by atoms with Crippen molar-refractivity contribution in [2.45, 2.75) is 63.8 Å². The second-order valence-corrected chi connectivity index (χ2v) is 10.5. The molecule has 0 aliphatic heterocycles. The first-order valence-corrected chi connectivity index (χ1v) is 13.0. The predicted octanol–water partition coefficient (Wildman–Crippen LogP) is 2.38. The summed E-state index contributed by atoms with van der Waals surface area (Å²) in [6.45, 7) is 5.03. The van der Waals surface area contributed by atoms with Crippen molar-refractivity contribution in [1.82, 2.24) is 20.9 Å². The fourth-order valence-electron chi connectivity index (χ4n) is 4.16. The number of carbonyl (C=O) groups is 5. The van der Waals surface area contributed by atoms with Crippen molar-refractivity contribution in [1.29, 1.82) is 0 Å². The van der Waals surface area contributed by atoms with Gasteiger partial charge in [-0.05, 0) is 38.0 Å². The number of nitrogens with one attached hydrogen (secondary N) is 4. The molecular weight excluding hydrogens is 532 g/mol. The number of para-hydroxylation sites is 1. The number of ether oxygens (including phenoxy) is 1. The van der Waals surface area contributed by atoms with Crippen molar-refractivity contribution < 1.29 is 38.9 Å². The van der Waals surface area contributed by atoms with Gasteiger partial charge in [-0.3, -0.25) is 14.4 Å². The smallest absolute Gasteiger partial charge is 0.408 e. The number of carboxylic acid groups (broad SMARTS) is 2. The zero-order valence-electron chi connectivity index (χ0n) is 23.0. The Bertz CT molecular complexity index is 1400. The van der Waals surface area contributed by atoms with Crippen molar-refractivity contribution in [3.63, 3.8) is 0 Å². The number of rotatable bonds is 12. The van der Waals surface area contributed by atoms with E-state index in [9.17, 15) is 29.1 Å². The van der Waals surface area contributed by atoms with Gasteiger partial charge in [0.15, 0.2) is 0 Å². The van der Waals surface area contributed by atoms with E-state index in [2.05, 4.69) is 20.9 Å². The van der Waals surface area contributed by atoms with E-state index in [1.807, 2.05) is 18.2 Å². The molecule has 0 unspecified atom stereocenters. The lowest BCUT2D eigenvalue weighted by Crippen LogP contribution is -2.57. The van der Waals surface area contributed by atoms with E-state index in [-0.39, 0.29) is 12.8 Å². The fraction of sp³-hybridized carbons (Fsp3) is 0.345. The summed E-state index contributed by atoms with van der Waals surface area (Å²) in [6, 6.07) is 12.0. The second kappa shape index (κ2) is 13.5. The molecule has 0 radical (unpaired) electrons. The number of hydrogen-bond acceptors (Lipinski definition) is 6. The number of amides is 3. The van der Waals surface area contributed by atoms with Gasteiger partial charge in [0, 0.05) is 29.9 Å². The highest BCUT2D eigenvalue weighted by Crippen LogP contribution is 2.19. The quantitative estimate of drug-likeness (QED) is 0.193. The van der Waals surface area contributed by atoms with Crippen molar-refractivity contribution in [3.05, 3.63) is 71.9 Å². The van der Waals surface area contributed by atoms with Crippen LogP contribution in [0.15, 0.2) is 60.8 Å². The first kappa shape index (κ1) is 30.7. The minimum absolute atomic E-state index is 0.0501. The van der Waals surface area contributed by atoms with E-state index in [0.717, 1.165) is 16.5 Å². The molecule has 41 heavy (non-hydrogen) atoms. The van der Waals surface area contributed by atoms with Gasteiger partial charge < -0.3 is 35.9 Å². The zero-order chi connectivity index (χ0) is 30.2. The van der Waals surface area contributed by atoms with Crippen molar-refractivity contribution in [2.24, 2.45) is 0 Å². The van der Waals surface area contributed by atoms with Crippen LogP contribution in [0.3, 0.4) is 0 Å². The SMILES string of the molecule is CC(C)(C)OC(=O)N[C@@H](Cc1ccccc1)C(=O)N[C@@H](Cc1c[nH]c2ccccc12)C(=O)N[C@@H](CC(=O)O)C(=O)O. The molecule has 6 N–H and O–H groups in total. The van der Waals surface area contributed by atoms with Gasteiger partial charge in [0.25, 0.3) is 0 Å². The molecule has 0 saturated heterocycles. The van der Waals surface area contributed by atoms with Crippen molar-refractivity contribution >= 4 is 40.7 Å². The number of hydrogen-bond donors (Lipinski definition) is 6. The van der Waals surface area contributed by atoms with Gasteiger partial charge in [-0.2, -0.15) is 0 Å². The summed E-state index contributed by atoms with van der Waals surface area (Å²) in [5, 5.41) is 26.7. The van der Waals surface area contributed by atoms with Crippen molar-refractivity contribution in [2.75, 3.05) is 0 Å². The van der Waals surface area contributed by atoms with Gasteiger partial charge in [0.1, 0.15) is 23.7 Å². The molecule has 12 heteroatoms. The second-order valence-electron chi connectivity index (χ2n) is 10.5. The predicted molar refractivity (Wildman–Crippen MR) is 149 cm³/mol. The summed E-state index contributed by atoms with van der Waals surface area (Å²) in [5.41, 5.74) is 1.35. The Morgan fingerprint density at radius 1 is 0.805 bits per heavy atom. The summed E-state index contributed by atoms with van der Waals surface area (Å²) in [6.07, 6.45) is 0.00336. The minimum atomic E-state index is -1.72. The average molecular weight is 567 g/mol. The molecule has 12 nitrogen and oxygen atoms in total. The fourth-order valence-corrected chi connectivity index (χ4v) is 4.16. The van der Waals surface area contributed by atoms with Crippen LogP contribution in [-0.4, -0.2) is 68.8 Å². The van der Waals surface area contributed by atoms with E-state index in [0.29, 0.717) is 5.56 Å². The van der Waals surface area contributed by atoms with E-state index in [1.165, 1.54) is 0 Å². The molecule has 3 amide bonds. The number of alkyl carbamates (subject to hydrolysis) is 1. The third-order valence-electron chi connectivity index (χ3n) is 6.02. The Balaban J connectivity index is 1.90. The third-order valence-corrected chi connectivity index (χ3v) is 6.02. The number of carbonyl (C=O) groups excluding carboxylic acids is 3. The Labute approximate surface area is 236 Å². The third kappa shape index (κ3) is 9.38. The number of aromatic nitrogens is 1. The lowest BCUT2D eigenvalue weighted by Gasteiger charge is -2.26. The van der Waals surface area contributed by atoms with Crippen LogP contribution in [0.5, 0.6) is 0 Å². The van der Waals surface area contributed by atoms with Crippen LogP contribution in [0.2, 0.25) is 0 Å². The number of aromatic amines is 1. The number of H-pyrrole nitrogens is 1. The molecule has 0 saturated carbocycles. The highest BCUT2D eigenvalue weighted by atomic mass is 16.6. The highest BCUT2D eigenvalue weighted by Gasteiger charge is 2.32. The maximum Gasteiger partial charge on any atom is 0.408 e. The van der Waals surface area contributed by atoms with Gasteiger partial charge >= 0.3 is 18.0 Å². The maximum atomic E-state index is 13.6. The van der Waals surface area contributed by atoms with E-state index < -0.39 is 60.0 Å². The van der Waals surface area contributed by atoms with Gasteiger partial charge in [-0.15, -0.1) is 0 Å². The van der Waals surface area contributed by atoms with Gasteiger partial charge in [0.2, 0.25) is 11.8 Å². The lowest BCUT2D eigenvalue weighted by atomic mass is 10.0.